The number of likely N-dealkylation sites (N-methyl/N-ethyl adjacent to an activating group) is 1. The number of amides is 1. The molecule has 2 N–H and O–H groups in total. The Hall–Kier alpha value is -2.12. The van der Waals surface area contributed by atoms with Gasteiger partial charge < -0.3 is 25.0 Å². The van der Waals surface area contributed by atoms with Gasteiger partial charge in [-0.05, 0) is 43.7 Å². The van der Waals surface area contributed by atoms with E-state index in [0.717, 1.165) is 32.3 Å². The lowest BCUT2D eigenvalue weighted by atomic mass is 9.88. The smallest absolute Gasteiger partial charge is 0.243 e. The number of aliphatic imine (C=N–C) groups is 1. The van der Waals surface area contributed by atoms with E-state index in [2.05, 4.69) is 46.8 Å². The van der Waals surface area contributed by atoms with Gasteiger partial charge in [0.15, 0.2) is 5.96 Å². The number of rotatable bonds is 7. The molecule has 160 valence electrons. The molecule has 2 aliphatic rings. The molecule has 1 aliphatic heterocycles. The molecule has 0 radical (unpaired) electrons. The average Bonchev–Trinajstić information content (AvgIpc) is 3.23. The van der Waals surface area contributed by atoms with E-state index >= 15 is 0 Å². The van der Waals surface area contributed by atoms with Crippen molar-refractivity contribution in [3.63, 3.8) is 0 Å². The quantitative estimate of drug-likeness (QED) is 0.532. The number of aryl methyl sites for hydroxylation is 1. The van der Waals surface area contributed by atoms with Gasteiger partial charge in [0, 0.05) is 32.8 Å². The fourth-order valence-electron chi connectivity index (χ4n) is 3.64. The van der Waals surface area contributed by atoms with Gasteiger partial charge in [0.25, 0.3) is 0 Å². The summed E-state index contributed by atoms with van der Waals surface area (Å²) in [6, 6.07) is 8.97. The molecule has 1 saturated heterocycles. The molecule has 7 heteroatoms. The Morgan fingerprint density at radius 2 is 2.10 bits per heavy atom. The number of ether oxygens (including phenoxy) is 2. The molecule has 1 fully saturated rings. The molecule has 3 rings (SSSR count). The van der Waals surface area contributed by atoms with Gasteiger partial charge in [-0.15, -0.1) is 0 Å². The Balaban J connectivity index is 1.58. The number of nitrogens with one attached hydrogen (secondary N) is 2. The number of carbonyl (C=O) groups is 1. The Morgan fingerprint density at radius 3 is 2.83 bits per heavy atom. The molecule has 1 heterocycles. The van der Waals surface area contributed by atoms with Crippen LogP contribution in [0.5, 0.6) is 0 Å². The van der Waals surface area contributed by atoms with E-state index in [0.29, 0.717) is 25.2 Å². The normalized spacial score (nSPS) is 22.7. The second kappa shape index (κ2) is 10.6. The van der Waals surface area contributed by atoms with Gasteiger partial charge in [-0.25, -0.2) is 4.99 Å². The standard InChI is InChI=1S/C22H34N4O3/c1-16(14-29-20-10-11-28-15-20)24-22(23-13-21(27)26(2)3)25-19-9-8-17-6-4-5-7-18(17)12-19/h4-7,16,19-20H,8-15H2,1-3H3,(H2,23,24,25). The molecule has 3 unspecified atom stereocenters. The van der Waals surface area contributed by atoms with Gasteiger partial charge in [-0.2, -0.15) is 0 Å². The first kappa shape index (κ1) is 21.6. The summed E-state index contributed by atoms with van der Waals surface area (Å²) in [4.78, 5) is 18.1. The lowest BCUT2D eigenvalue weighted by Crippen LogP contribution is -2.50. The van der Waals surface area contributed by atoms with Gasteiger partial charge in [-0.3, -0.25) is 4.79 Å². The zero-order valence-electron chi connectivity index (χ0n) is 17.8. The SMILES string of the molecule is CC(COC1CCOC1)NC(=NCC(=O)N(C)C)NC1CCc2ccccc2C1. The first-order chi connectivity index (χ1) is 14.0. The Kier molecular flexibility index (Phi) is 7.89. The van der Waals surface area contributed by atoms with Gasteiger partial charge in [-0.1, -0.05) is 24.3 Å². The highest BCUT2D eigenvalue weighted by Gasteiger charge is 2.21. The van der Waals surface area contributed by atoms with E-state index in [-0.39, 0.29) is 24.6 Å². The number of nitrogens with zero attached hydrogens (tertiary/aromatic N) is 2. The number of guanidine groups is 1. The van der Waals surface area contributed by atoms with Gasteiger partial charge in [0.05, 0.1) is 19.3 Å². The summed E-state index contributed by atoms with van der Waals surface area (Å²) in [5, 5.41) is 6.95. The van der Waals surface area contributed by atoms with Crippen LogP contribution in [0.25, 0.3) is 0 Å². The van der Waals surface area contributed by atoms with Crippen molar-refractivity contribution in [2.24, 2.45) is 4.99 Å². The van der Waals surface area contributed by atoms with Crippen molar-refractivity contribution in [1.29, 1.82) is 0 Å². The summed E-state index contributed by atoms with van der Waals surface area (Å²) in [6.07, 6.45) is 4.19. The highest BCUT2D eigenvalue weighted by Crippen LogP contribution is 2.21. The molecule has 0 bridgehead atoms. The summed E-state index contributed by atoms with van der Waals surface area (Å²) in [5.74, 6) is 0.649. The molecule has 7 nitrogen and oxygen atoms in total. The van der Waals surface area contributed by atoms with Crippen LogP contribution >= 0.6 is 0 Å². The predicted molar refractivity (Wildman–Crippen MR) is 114 cm³/mol. The molecule has 1 aromatic carbocycles. The molecule has 1 aromatic rings. The maximum absolute atomic E-state index is 12.0. The first-order valence-electron chi connectivity index (χ1n) is 10.5. The highest BCUT2D eigenvalue weighted by molar-refractivity contribution is 5.85. The van der Waals surface area contributed by atoms with Crippen LogP contribution in [0.2, 0.25) is 0 Å². The van der Waals surface area contributed by atoms with Crippen LogP contribution in [-0.4, -0.2) is 75.4 Å². The van der Waals surface area contributed by atoms with Gasteiger partial charge in [0.1, 0.15) is 6.54 Å². The summed E-state index contributed by atoms with van der Waals surface area (Å²) in [6.45, 7) is 4.21. The average molecular weight is 403 g/mol. The summed E-state index contributed by atoms with van der Waals surface area (Å²) >= 11 is 0. The number of hydrogen-bond acceptors (Lipinski definition) is 4. The van der Waals surface area contributed by atoms with E-state index < -0.39 is 0 Å². The minimum atomic E-state index is -0.0212. The third-order valence-corrected chi connectivity index (χ3v) is 5.41. The number of benzene rings is 1. The zero-order valence-corrected chi connectivity index (χ0v) is 17.8. The minimum absolute atomic E-state index is 0.0212. The van der Waals surface area contributed by atoms with Crippen molar-refractivity contribution in [1.82, 2.24) is 15.5 Å². The highest BCUT2D eigenvalue weighted by atomic mass is 16.5. The predicted octanol–water partition coefficient (Wildman–Crippen LogP) is 1.36. The Morgan fingerprint density at radius 1 is 1.31 bits per heavy atom. The second-order valence-electron chi connectivity index (χ2n) is 8.17. The van der Waals surface area contributed by atoms with Crippen LogP contribution < -0.4 is 10.6 Å². The Labute approximate surface area is 173 Å². The fourth-order valence-corrected chi connectivity index (χ4v) is 3.64. The monoisotopic (exact) mass is 402 g/mol. The molecule has 1 aliphatic carbocycles. The first-order valence-corrected chi connectivity index (χ1v) is 10.5. The maximum atomic E-state index is 12.0. The van der Waals surface area contributed by atoms with Gasteiger partial charge in [0.2, 0.25) is 5.91 Å². The summed E-state index contributed by atoms with van der Waals surface area (Å²) in [7, 11) is 3.49. The van der Waals surface area contributed by atoms with E-state index in [1.807, 2.05) is 0 Å². The fraction of sp³-hybridized carbons (Fsp3) is 0.636. The second-order valence-corrected chi connectivity index (χ2v) is 8.17. The number of carbonyl (C=O) groups excluding carboxylic acids is 1. The van der Waals surface area contributed by atoms with Crippen molar-refractivity contribution in [2.75, 3.05) is 40.5 Å². The minimum Gasteiger partial charge on any atom is -0.379 e. The van der Waals surface area contributed by atoms with E-state index in [1.165, 1.54) is 11.1 Å². The third-order valence-electron chi connectivity index (χ3n) is 5.41. The van der Waals surface area contributed by atoms with E-state index in [4.69, 9.17) is 9.47 Å². The van der Waals surface area contributed by atoms with Gasteiger partial charge >= 0.3 is 0 Å². The molecule has 29 heavy (non-hydrogen) atoms. The zero-order chi connectivity index (χ0) is 20.6. The molecule has 0 aromatic heterocycles. The van der Waals surface area contributed by atoms with E-state index in [9.17, 15) is 4.79 Å². The number of hydrogen-bond donors (Lipinski definition) is 2. The lowest BCUT2D eigenvalue weighted by Gasteiger charge is -2.28. The third kappa shape index (κ3) is 6.72. The molecule has 0 saturated carbocycles. The summed E-state index contributed by atoms with van der Waals surface area (Å²) in [5.41, 5.74) is 2.82. The van der Waals surface area contributed by atoms with Crippen molar-refractivity contribution < 1.29 is 14.3 Å². The van der Waals surface area contributed by atoms with Crippen LogP contribution in [0.4, 0.5) is 0 Å². The largest absolute Gasteiger partial charge is 0.379 e. The maximum Gasteiger partial charge on any atom is 0.243 e. The van der Waals surface area contributed by atoms with E-state index in [1.54, 1.807) is 19.0 Å². The van der Waals surface area contributed by atoms with Crippen LogP contribution in [0.15, 0.2) is 29.3 Å². The molecule has 1 amide bonds. The Bertz CT molecular complexity index is 701. The molecular weight excluding hydrogens is 368 g/mol. The number of fused-ring (bicyclic) bond motifs is 1. The van der Waals surface area contributed by atoms with Crippen molar-refractivity contribution >= 4 is 11.9 Å². The lowest BCUT2D eigenvalue weighted by molar-refractivity contribution is -0.127. The van der Waals surface area contributed by atoms with Crippen LogP contribution in [0.3, 0.4) is 0 Å². The summed E-state index contributed by atoms with van der Waals surface area (Å²) < 4.78 is 11.3. The molecule has 0 spiro atoms. The van der Waals surface area contributed by atoms with Crippen LogP contribution in [0.1, 0.15) is 30.9 Å². The van der Waals surface area contributed by atoms with Crippen LogP contribution in [0, 0.1) is 0 Å². The van der Waals surface area contributed by atoms with Crippen molar-refractivity contribution in [3.8, 4) is 0 Å². The van der Waals surface area contributed by atoms with Crippen LogP contribution in [-0.2, 0) is 27.1 Å². The topological polar surface area (TPSA) is 75.2 Å². The molecule has 3 atom stereocenters. The molecular formula is C22H34N4O3. The van der Waals surface area contributed by atoms with Crippen molar-refractivity contribution in [2.45, 2.75) is 50.8 Å². The van der Waals surface area contributed by atoms with Crippen molar-refractivity contribution in [3.05, 3.63) is 35.4 Å².